The highest BCUT2D eigenvalue weighted by atomic mass is 32.2. The van der Waals surface area contributed by atoms with Crippen LogP contribution in [0.3, 0.4) is 0 Å². The van der Waals surface area contributed by atoms with Crippen LogP contribution in [0.2, 0.25) is 0 Å². The van der Waals surface area contributed by atoms with Crippen LogP contribution in [-0.2, 0) is 10.0 Å². The van der Waals surface area contributed by atoms with Crippen LogP contribution in [0.5, 0.6) is 11.5 Å². The zero-order valence-electron chi connectivity index (χ0n) is 13.9. The van der Waals surface area contributed by atoms with Gasteiger partial charge in [-0.2, -0.15) is 0 Å². The van der Waals surface area contributed by atoms with Gasteiger partial charge in [0.05, 0.1) is 12.8 Å². The molecule has 0 aliphatic carbocycles. The highest BCUT2D eigenvalue weighted by Crippen LogP contribution is 2.17. The second-order valence-corrected chi connectivity index (χ2v) is 7.09. The van der Waals surface area contributed by atoms with Crippen LogP contribution in [-0.4, -0.2) is 48.1 Å². The molecule has 1 N–H and O–H groups in total. The van der Waals surface area contributed by atoms with Gasteiger partial charge in [0.15, 0.2) is 0 Å². The molecule has 0 amide bonds. The molecular weight excluding hydrogens is 358 g/mol. The molecule has 9 nitrogen and oxygen atoms in total. The minimum Gasteiger partial charge on any atom is -0.497 e. The molecule has 10 heteroatoms. The molecule has 0 saturated heterocycles. The van der Waals surface area contributed by atoms with Crippen molar-refractivity contribution in [2.24, 2.45) is 0 Å². The van der Waals surface area contributed by atoms with Gasteiger partial charge >= 0.3 is 0 Å². The number of benzene rings is 2. The maximum atomic E-state index is 12.2. The molecule has 1 aromatic heterocycles. The molecule has 1 heterocycles. The van der Waals surface area contributed by atoms with Gasteiger partial charge < -0.3 is 9.47 Å². The van der Waals surface area contributed by atoms with Crippen molar-refractivity contribution in [3.63, 3.8) is 0 Å². The van der Waals surface area contributed by atoms with Gasteiger partial charge in [-0.1, -0.05) is 0 Å². The second kappa shape index (κ2) is 7.83. The summed E-state index contributed by atoms with van der Waals surface area (Å²) in [7, 11) is -1.96. The number of nitrogens with zero attached hydrogens (tertiary/aromatic N) is 4. The molecule has 0 atom stereocenters. The normalized spacial score (nSPS) is 11.1. The van der Waals surface area contributed by atoms with E-state index in [1.54, 1.807) is 55.6 Å². The van der Waals surface area contributed by atoms with Gasteiger partial charge in [0.2, 0.25) is 10.0 Å². The van der Waals surface area contributed by atoms with Crippen LogP contribution < -0.4 is 14.2 Å². The van der Waals surface area contributed by atoms with E-state index in [0.29, 0.717) is 17.2 Å². The predicted molar refractivity (Wildman–Crippen MR) is 95.1 cm³/mol. The molecule has 3 rings (SSSR count). The molecular formula is C16H17N5O4S. The highest BCUT2D eigenvalue weighted by Gasteiger charge is 2.11. The summed E-state index contributed by atoms with van der Waals surface area (Å²) in [5.74, 6) is 1.11. The number of anilines is 1. The summed E-state index contributed by atoms with van der Waals surface area (Å²) in [5.41, 5.74) is 1.17. The zero-order chi connectivity index (χ0) is 18.4. The average molecular weight is 375 g/mol. The van der Waals surface area contributed by atoms with Crippen LogP contribution in [0.4, 0.5) is 5.69 Å². The van der Waals surface area contributed by atoms with Gasteiger partial charge in [-0.3, -0.25) is 4.72 Å². The topological polar surface area (TPSA) is 108 Å². The van der Waals surface area contributed by atoms with Crippen molar-refractivity contribution in [2.45, 2.75) is 0 Å². The minimum atomic E-state index is -3.53. The molecule has 0 radical (unpaired) electrons. The summed E-state index contributed by atoms with van der Waals surface area (Å²) in [5, 5.41) is 10.9. The Morgan fingerprint density at radius 3 is 2.35 bits per heavy atom. The van der Waals surface area contributed by atoms with Crippen LogP contribution in [0, 0.1) is 0 Å². The lowest BCUT2D eigenvalue weighted by molar-refractivity contribution is 0.340. The minimum absolute atomic E-state index is 0.0321. The Kier molecular flexibility index (Phi) is 5.32. The van der Waals surface area contributed by atoms with E-state index in [4.69, 9.17) is 9.47 Å². The molecule has 0 saturated carbocycles. The van der Waals surface area contributed by atoms with E-state index in [0.717, 1.165) is 5.69 Å². The third-order valence-corrected chi connectivity index (χ3v) is 4.69. The summed E-state index contributed by atoms with van der Waals surface area (Å²) in [4.78, 5) is 0. The fraction of sp³-hybridized carbons (Fsp3) is 0.188. The third-order valence-electron chi connectivity index (χ3n) is 3.43. The molecule has 0 spiro atoms. The molecule has 0 aliphatic heterocycles. The maximum Gasteiger partial charge on any atom is 0.236 e. The van der Waals surface area contributed by atoms with Crippen molar-refractivity contribution < 1.29 is 17.9 Å². The lowest BCUT2D eigenvalue weighted by Crippen LogP contribution is -2.21. The number of hydrogen-bond donors (Lipinski definition) is 1. The van der Waals surface area contributed by atoms with Crippen molar-refractivity contribution in [2.75, 3.05) is 24.2 Å². The number of ether oxygens (including phenoxy) is 2. The van der Waals surface area contributed by atoms with E-state index in [9.17, 15) is 8.42 Å². The van der Waals surface area contributed by atoms with Crippen molar-refractivity contribution in [1.29, 1.82) is 0 Å². The van der Waals surface area contributed by atoms with Crippen molar-refractivity contribution in [3.8, 4) is 17.2 Å². The van der Waals surface area contributed by atoms with Crippen LogP contribution in [0.25, 0.3) is 5.69 Å². The number of tetrazole rings is 1. The highest BCUT2D eigenvalue weighted by molar-refractivity contribution is 7.92. The number of rotatable bonds is 8. The molecule has 0 fully saturated rings. The van der Waals surface area contributed by atoms with Crippen molar-refractivity contribution in [3.05, 3.63) is 54.9 Å². The Bertz CT molecular complexity index is 926. The molecule has 3 aromatic rings. The van der Waals surface area contributed by atoms with Gasteiger partial charge in [-0.25, -0.2) is 13.1 Å². The first kappa shape index (κ1) is 17.7. The fourth-order valence-electron chi connectivity index (χ4n) is 2.13. The molecule has 0 unspecified atom stereocenters. The predicted octanol–water partition coefficient (Wildman–Crippen LogP) is 1.49. The monoisotopic (exact) mass is 375 g/mol. The van der Waals surface area contributed by atoms with E-state index in [1.807, 2.05) is 0 Å². The van der Waals surface area contributed by atoms with Crippen LogP contribution >= 0.6 is 0 Å². The molecule has 136 valence electrons. The zero-order valence-corrected chi connectivity index (χ0v) is 14.8. The summed E-state index contributed by atoms with van der Waals surface area (Å²) < 4.78 is 38.8. The first-order valence-corrected chi connectivity index (χ1v) is 9.32. The molecule has 0 aliphatic rings. The van der Waals surface area contributed by atoms with Crippen molar-refractivity contribution >= 4 is 15.7 Å². The van der Waals surface area contributed by atoms with Crippen LogP contribution in [0.15, 0.2) is 54.9 Å². The first-order chi connectivity index (χ1) is 12.6. The Labute approximate surface area is 150 Å². The standard InChI is InChI=1S/C16H17N5O4S/c1-24-15-6-8-16(9-7-15)25-10-11-26(22,23)18-13-2-4-14(5-3-13)21-12-17-19-20-21/h2-9,12,18H,10-11H2,1H3. The quantitative estimate of drug-likeness (QED) is 0.635. The number of nitrogens with one attached hydrogen (secondary N) is 1. The first-order valence-electron chi connectivity index (χ1n) is 7.66. The fourth-order valence-corrected chi connectivity index (χ4v) is 3.03. The Hall–Kier alpha value is -3.14. The molecule has 26 heavy (non-hydrogen) atoms. The average Bonchev–Trinajstić information content (AvgIpc) is 3.17. The van der Waals surface area contributed by atoms with Gasteiger partial charge in [-0.15, -0.1) is 5.10 Å². The summed E-state index contributed by atoms with van der Waals surface area (Å²) in [6.07, 6.45) is 1.45. The summed E-state index contributed by atoms with van der Waals surface area (Å²) >= 11 is 0. The number of methoxy groups -OCH3 is 1. The van der Waals surface area contributed by atoms with Crippen molar-refractivity contribution in [1.82, 2.24) is 20.2 Å². The van der Waals surface area contributed by atoms with E-state index in [2.05, 4.69) is 20.2 Å². The van der Waals surface area contributed by atoms with Gasteiger partial charge in [0.1, 0.15) is 30.2 Å². The Balaban J connectivity index is 1.53. The number of hydrogen-bond acceptors (Lipinski definition) is 7. The largest absolute Gasteiger partial charge is 0.497 e. The number of aromatic nitrogens is 4. The lowest BCUT2D eigenvalue weighted by Gasteiger charge is -2.10. The van der Waals surface area contributed by atoms with E-state index in [-0.39, 0.29) is 12.4 Å². The number of sulfonamides is 1. The smallest absolute Gasteiger partial charge is 0.236 e. The SMILES string of the molecule is COc1ccc(OCCS(=O)(=O)Nc2ccc(-n3cnnn3)cc2)cc1. The second-order valence-electron chi connectivity index (χ2n) is 5.25. The van der Waals surface area contributed by atoms with E-state index in [1.165, 1.54) is 11.0 Å². The Morgan fingerprint density at radius 1 is 1.04 bits per heavy atom. The van der Waals surface area contributed by atoms with Gasteiger partial charge in [-0.05, 0) is 59.0 Å². The van der Waals surface area contributed by atoms with Crippen LogP contribution in [0.1, 0.15) is 0 Å². The van der Waals surface area contributed by atoms with Gasteiger partial charge in [0.25, 0.3) is 0 Å². The summed E-state index contributed by atoms with van der Waals surface area (Å²) in [6, 6.07) is 13.6. The maximum absolute atomic E-state index is 12.2. The third kappa shape index (κ3) is 4.70. The molecule has 2 aromatic carbocycles. The Morgan fingerprint density at radius 2 is 1.73 bits per heavy atom. The molecule has 0 bridgehead atoms. The summed E-state index contributed by atoms with van der Waals surface area (Å²) in [6.45, 7) is 0.0321. The lowest BCUT2D eigenvalue weighted by atomic mass is 10.3. The van der Waals surface area contributed by atoms with E-state index < -0.39 is 10.0 Å². The van der Waals surface area contributed by atoms with E-state index >= 15 is 0 Å². The van der Waals surface area contributed by atoms with Gasteiger partial charge in [0, 0.05) is 5.69 Å².